The fourth-order valence-corrected chi connectivity index (χ4v) is 4.63. The number of halogens is 6. The van der Waals surface area contributed by atoms with E-state index in [0.29, 0.717) is 60.7 Å². The summed E-state index contributed by atoms with van der Waals surface area (Å²) in [5.74, 6) is -16.4. The molecule has 0 atom stereocenters. The Morgan fingerprint density at radius 1 is 0.451 bits per heavy atom. The summed E-state index contributed by atoms with van der Waals surface area (Å²) >= 11 is 0. The second kappa shape index (κ2) is 13.7. The Morgan fingerprint density at radius 2 is 0.765 bits per heavy atom. The molecule has 0 bridgehead atoms. The maximum Gasteiger partial charge on any atom is 0.457 e. The zero-order chi connectivity index (χ0) is 38.1. The zero-order valence-electron chi connectivity index (χ0n) is 24.9. The molecule has 4 aromatic rings. The molecule has 0 fully saturated rings. The van der Waals surface area contributed by atoms with E-state index in [0.717, 1.165) is 24.3 Å². The molecule has 0 aromatic heterocycles. The Balaban J connectivity index is 1.64. The van der Waals surface area contributed by atoms with E-state index in [2.05, 4.69) is 0 Å². The van der Waals surface area contributed by atoms with E-state index in [1.807, 2.05) is 0 Å². The average Bonchev–Trinajstić information content (AvgIpc) is 3.07. The van der Waals surface area contributed by atoms with Gasteiger partial charge in [0, 0.05) is 11.1 Å². The molecule has 0 saturated heterocycles. The lowest BCUT2D eigenvalue weighted by molar-refractivity contribution is -0.323. The standard InChI is InChI=1S/C33H18F6O12/c34-31(32(35,36)33(37,38)39,17-3-7-19(8-4-17)50-29(48)15-1-11-21(25(40)41)23(13-15)27(44)45)18-5-9-20(10-6-18)51-30(49)16-2-12-22(26(42)43)24(14-16)28(46)47/h1-14H,(H,40,41)(H,42,43)(H,44,45)(H,46,47). The molecule has 18 heteroatoms. The van der Waals surface area contributed by atoms with E-state index in [9.17, 15) is 60.9 Å². The maximum atomic E-state index is 16.4. The second-order valence-electron chi connectivity index (χ2n) is 10.3. The molecule has 264 valence electrons. The van der Waals surface area contributed by atoms with Crippen LogP contribution in [0.15, 0.2) is 84.9 Å². The van der Waals surface area contributed by atoms with Crippen molar-refractivity contribution in [2.24, 2.45) is 0 Å². The van der Waals surface area contributed by atoms with Crippen LogP contribution in [0.2, 0.25) is 0 Å². The molecule has 4 N–H and O–H groups in total. The third kappa shape index (κ3) is 7.19. The number of hydrogen-bond acceptors (Lipinski definition) is 8. The molecular weight excluding hydrogens is 702 g/mol. The first-order chi connectivity index (χ1) is 23.7. The van der Waals surface area contributed by atoms with Gasteiger partial charge in [-0.2, -0.15) is 22.0 Å². The van der Waals surface area contributed by atoms with Gasteiger partial charge in [0.1, 0.15) is 11.5 Å². The van der Waals surface area contributed by atoms with Crippen molar-refractivity contribution in [3.63, 3.8) is 0 Å². The summed E-state index contributed by atoms with van der Waals surface area (Å²) in [6, 6.07) is 9.17. The normalized spacial score (nSPS) is 11.7. The summed E-state index contributed by atoms with van der Waals surface area (Å²) in [4.78, 5) is 70.4. The van der Waals surface area contributed by atoms with Gasteiger partial charge in [-0.05, 0) is 60.7 Å². The SMILES string of the molecule is O=C(Oc1ccc(C(F)(c2ccc(OC(=O)c3ccc(C(=O)O)c(C(=O)O)c3)cc2)C(F)(F)C(F)(F)F)cc1)c1ccc(C(=O)O)c(C(=O)O)c1. The van der Waals surface area contributed by atoms with E-state index >= 15 is 4.39 Å². The van der Waals surface area contributed by atoms with Crippen molar-refractivity contribution in [3.8, 4) is 11.5 Å². The van der Waals surface area contributed by atoms with Crippen molar-refractivity contribution in [2.45, 2.75) is 17.8 Å². The number of aromatic carboxylic acids is 4. The van der Waals surface area contributed by atoms with Crippen LogP contribution in [0.5, 0.6) is 11.5 Å². The Bertz CT molecular complexity index is 1940. The van der Waals surface area contributed by atoms with Crippen molar-refractivity contribution >= 4 is 35.8 Å². The molecule has 0 saturated carbocycles. The van der Waals surface area contributed by atoms with E-state index in [4.69, 9.17) is 19.7 Å². The monoisotopic (exact) mass is 720 g/mol. The molecule has 0 amide bonds. The van der Waals surface area contributed by atoms with Crippen molar-refractivity contribution in [3.05, 3.63) is 129 Å². The first-order valence-corrected chi connectivity index (χ1v) is 13.7. The number of alkyl halides is 6. The Labute approximate surface area is 279 Å². The van der Waals surface area contributed by atoms with Gasteiger partial charge in [-0.25, -0.2) is 33.2 Å². The predicted octanol–water partition coefficient (Wildman–Crippen LogP) is 6.33. The second-order valence-corrected chi connectivity index (χ2v) is 10.3. The highest BCUT2D eigenvalue weighted by molar-refractivity contribution is 6.05. The van der Waals surface area contributed by atoms with Crippen molar-refractivity contribution in [1.82, 2.24) is 0 Å². The number of esters is 2. The predicted molar refractivity (Wildman–Crippen MR) is 156 cm³/mol. The summed E-state index contributed by atoms with van der Waals surface area (Å²) < 4.78 is 97.1. The summed E-state index contributed by atoms with van der Waals surface area (Å²) in [5, 5.41) is 36.7. The highest BCUT2D eigenvalue weighted by atomic mass is 19.4. The van der Waals surface area contributed by atoms with Crippen LogP contribution < -0.4 is 9.47 Å². The molecule has 0 aliphatic rings. The van der Waals surface area contributed by atoms with Gasteiger partial charge in [-0.3, -0.25) is 0 Å². The minimum Gasteiger partial charge on any atom is -0.478 e. The molecule has 0 aliphatic heterocycles. The molecular formula is C33H18F6O12. The molecule has 4 aromatic carbocycles. The molecule has 0 spiro atoms. The molecule has 12 nitrogen and oxygen atoms in total. The molecule has 51 heavy (non-hydrogen) atoms. The summed E-state index contributed by atoms with van der Waals surface area (Å²) in [5.41, 5.74) is -11.1. The smallest absolute Gasteiger partial charge is 0.457 e. The number of benzene rings is 4. The van der Waals surface area contributed by atoms with Gasteiger partial charge < -0.3 is 29.9 Å². The van der Waals surface area contributed by atoms with Gasteiger partial charge in [0.2, 0.25) is 5.67 Å². The number of carboxylic acids is 4. The van der Waals surface area contributed by atoms with Crippen LogP contribution in [0.3, 0.4) is 0 Å². The Kier molecular flexibility index (Phi) is 9.93. The number of carbonyl (C=O) groups excluding carboxylic acids is 2. The van der Waals surface area contributed by atoms with Crippen LogP contribution in [0.1, 0.15) is 73.3 Å². The lowest BCUT2D eigenvalue weighted by Crippen LogP contribution is -2.53. The van der Waals surface area contributed by atoms with E-state index in [1.165, 1.54) is 0 Å². The van der Waals surface area contributed by atoms with Gasteiger partial charge in [-0.15, -0.1) is 0 Å². The van der Waals surface area contributed by atoms with E-state index in [1.54, 1.807) is 0 Å². The average molecular weight is 720 g/mol. The third-order valence-corrected chi connectivity index (χ3v) is 7.15. The highest BCUT2D eigenvalue weighted by Crippen LogP contribution is 2.54. The quantitative estimate of drug-likeness (QED) is 0.0763. The van der Waals surface area contributed by atoms with Gasteiger partial charge in [0.25, 0.3) is 0 Å². The third-order valence-electron chi connectivity index (χ3n) is 7.15. The van der Waals surface area contributed by atoms with Crippen LogP contribution in [-0.4, -0.2) is 68.3 Å². The minimum absolute atomic E-state index is 0.452. The van der Waals surface area contributed by atoms with Crippen LogP contribution in [0.25, 0.3) is 0 Å². The summed E-state index contributed by atoms with van der Waals surface area (Å²) in [7, 11) is 0. The number of carboxylic acid groups (broad SMARTS) is 4. The number of hydrogen-bond donors (Lipinski definition) is 4. The van der Waals surface area contributed by atoms with Crippen LogP contribution in [-0.2, 0) is 5.67 Å². The van der Waals surface area contributed by atoms with Gasteiger partial charge in [0.05, 0.1) is 33.4 Å². The topological polar surface area (TPSA) is 202 Å². The fourth-order valence-electron chi connectivity index (χ4n) is 4.63. The van der Waals surface area contributed by atoms with Crippen LogP contribution in [0, 0.1) is 0 Å². The van der Waals surface area contributed by atoms with E-state index < -0.39 is 110 Å². The molecule has 0 heterocycles. The fraction of sp³-hybridized carbons (Fsp3) is 0.0909. The van der Waals surface area contributed by atoms with Gasteiger partial charge >= 0.3 is 47.9 Å². The summed E-state index contributed by atoms with van der Waals surface area (Å²) in [6.45, 7) is 0. The van der Waals surface area contributed by atoms with E-state index in [-0.39, 0.29) is 0 Å². The first kappa shape index (κ1) is 37.1. The lowest BCUT2D eigenvalue weighted by Gasteiger charge is -2.35. The minimum atomic E-state index is -6.47. The van der Waals surface area contributed by atoms with Gasteiger partial charge in [-0.1, -0.05) is 24.3 Å². The molecule has 0 aliphatic carbocycles. The molecule has 4 rings (SSSR count). The number of rotatable bonds is 11. The highest BCUT2D eigenvalue weighted by Gasteiger charge is 2.72. The Morgan fingerprint density at radius 3 is 1.04 bits per heavy atom. The Hall–Kier alpha value is -6.72. The first-order valence-electron chi connectivity index (χ1n) is 13.7. The number of carbonyl (C=O) groups is 6. The number of ether oxygens (including phenoxy) is 2. The summed E-state index contributed by atoms with van der Waals surface area (Å²) in [6.07, 6.45) is -6.47. The van der Waals surface area contributed by atoms with Crippen molar-refractivity contribution in [1.29, 1.82) is 0 Å². The zero-order valence-corrected chi connectivity index (χ0v) is 24.9. The van der Waals surface area contributed by atoms with Gasteiger partial charge in [0.15, 0.2) is 0 Å². The van der Waals surface area contributed by atoms with Crippen LogP contribution >= 0.6 is 0 Å². The van der Waals surface area contributed by atoms with Crippen molar-refractivity contribution in [2.75, 3.05) is 0 Å². The lowest BCUT2D eigenvalue weighted by atomic mass is 9.82. The largest absolute Gasteiger partial charge is 0.478 e. The molecule has 0 radical (unpaired) electrons. The van der Waals surface area contributed by atoms with Crippen molar-refractivity contribution < 1.29 is 85.0 Å². The van der Waals surface area contributed by atoms with Crippen LogP contribution in [0.4, 0.5) is 26.3 Å². The maximum absolute atomic E-state index is 16.4. The molecule has 0 unspecified atom stereocenters.